The zero-order valence-electron chi connectivity index (χ0n) is 18.5. The lowest BCUT2D eigenvalue weighted by Gasteiger charge is -2.33. The average molecular weight is 480 g/mol. The Morgan fingerprint density at radius 2 is 2.03 bits per heavy atom. The van der Waals surface area contributed by atoms with Gasteiger partial charge in [-0.15, -0.1) is 0 Å². The Morgan fingerprint density at radius 1 is 1.23 bits per heavy atom. The Labute approximate surface area is 200 Å². The van der Waals surface area contributed by atoms with E-state index in [1.165, 1.54) is 4.90 Å². The Kier molecular flexibility index (Phi) is 7.42. The molecule has 0 radical (unpaired) electrons. The van der Waals surface area contributed by atoms with E-state index < -0.39 is 18.4 Å². The highest BCUT2D eigenvalue weighted by atomic mass is 19.3. The van der Waals surface area contributed by atoms with E-state index in [9.17, 15) is 23.9 Å². The van der Waals surface area contributed by atoms with E-state index in [0.717, 1.165) is 5.69 Å². The molecule has 1 fully saturated rings. The van der Waals surface area contributed by atoms with Crippen LogP contribution in [0.1, 0.15) is 18.4 Å². The number of benzene rings is 1. The Balaban J connectivity index is 1.42. The summed E-state index contributed by atoms with van der Waals surface area (Å²) in [5, 5.41) is 22.0. The molecule has 1 atom stereocenters. The number of alkyl halides is 2. The van der Waals surface area contributed by atoms with Gasteiger partial charge >= 0.3 is 0 Å². The van der Waals surface area contributed by atoms with Crippen molar-refractivity contribution in [1.29, 1.82) is 5.26 Å². The molecular weight excluding hydrogens is 458 g/mol. The highest BCUT2D eigenvalue weighted by Gasteiger charge is 2.32. The first-order valence-electron chi connectivity index (χ1n) is 10.9. The fourth-order valence-electron chi connectivity index (χ4n) is 3.69. The van der Waals surface area contributed by atoms with Gasteiger partial charge < -0.3 is 20.1 Å². The number of amides is 1. The highest BCUT2D eigenvalue weighted by molar-refractivity contribution is 5.81. The van der Waals surface area contributed by atoms with Crippen LogP contribution in [0.3, 0.4) is 0 Å². The zero-order valence-corrected chi connectivity index (χ0v) is 18.5. The molecule has 4 rings (SSSR count). The molecule has 3 aromatic rings. The third-order valence-electron chi connectivity index (χ3n) is 5.51. The van der Waals surface area contributed by atoms with Crippen LogP contribution in [0.2, 0.25) is 0 Å². The van der Waals surface area contributed by atoms with Crippen molar-refractivity contribution in [3.05, 3.63) is 60.6 Å². The number of aliphatic hydroxyl groups excluding tert-OH is 1. The summed E-state index contributed by atoms with van der Waals surface area (Å²) < 4.78 is 31.2. The number of aromatic nitrogens is 3. The molecule has 9 nitrogen and oxygen atoms in total. The number of pyridine rings is 1. The minimum atomic E-state index is -3.12. The smallest absolute Gasteiger partial charge is 0.273 e. The molecule has 11 heteroatoms. The van der Waals surface area contributed by atoms with Crippen molar-refractivity contribution in [2.75, 3.05) is 18.4 Å². The van der Waals surface area contributed by atoms with Crippen LogP contribution >= 0.6 is 0 Å². The van der Waals surface area contributed by atoms with E-state index in [-0.39, 0.29) is 19.2 Å². The van der Waals surface area contributed by atoms with Gasteiger partial charge in [0.1, 0.15) is 17.9 Å². The van der Waals surface area contributed by atoms with Gasteiger partial charge in [0, 0.05) is 43.9 Å². The van der Waals surface area contributed by atoms with E-state index in [2.05, 4.69) is 26.3 Å². The monoisotopic (exact) mass is 480 g/mol. The lowest BCUT2D eigenvalue weighted by atomic mass is 10.1. The number of aliphatic hydroxyl groups is 1. The predicted molar refractivity (Wildman–Crippen MR) is 122 cm³/mol. The predicted octanol–water partition coefficient (Wildman–Crippen LogP) is 3.15. The number of carbonyl (C=O) groups is 1. The number of hydrogen-bond donors (Lipinski definition) is 2. The summed E-state index contributed by atoms with van der Waals surface area (Å²) in [5.41, 5.74) is 2.36. The number of hydrogen-bond acceptors (Lipinski definition) is 8. The molecule has 1 aromatic carbocycles. The van der Waals surface area contributed by atoms with Crippen LogP contribution in [-0.4, -0.2) is 62.6 Å². The Bertz CT molecular complexity index is 1210. The molecule has 0 saturated carbocycles. The van der Waals surface area contributed by atoms with Crippen molar-refractivity contribution < 1.29 is 23.4 Å². The van der Waals surface area contributed by atoms with E-state index in [1.807, 2.05) is 6.07 Å². The van der Waals surface area contributed by atoms with Crippen LogP contribution in [0, 0.1) is 11.3 Å². The Morgan fingerprint density at radius 3 is 2.71 bits per heavy atom. The third-order valence-corrected chi connectivity index (χ3v) is 5.51. The maximum Gasteiger partial charge on any atom is 0.273 e. The molecule has 180 valence electrons. The first kappa shape index (κ1) is 24.0. The second kappa shape index (κ2) is 10.8. The van der Waals surface area contributed by atoms with Gasteiger partial charge in [0.15, 0.2) is 6.10 Å². The van der Waals surface area contributed by atoms with Crippen molar-refractivity contribution in [2.45, 2.75) is 31.5 Å². The van der Waals surface area contributed by atoms with Gasteiger partial charge in [0.25, 0.3) is 12.3 Å². The van der Waals surface area contributed by atoms with Crippen LogP contribution in [0.5, 0.6) is 5.75 Å². The zero-order chi connectivity index (χ0) is 24.8. The molecule has 35 heavy (non-hydrogen) atoms. The van der Waals surface area contributed by atoms with Gasteiger partial charge in [0.2, 0.25) is 5.95 Å². The average Bonchev–Trinajstić information content (AvgIpc) is 2.89. The van der Waals surface area contributed by atoms with Crippen LogP contribution in [-0.2, 0) is 4.79 Å². The first-order valence-corrected chi connectivity index (χ1v) is 10.9. The fourth-order valence-corrected chi connectivity index (χ4v) is 3.69. The summed E-state index contributed by atoms with van der Waals surface area (Å²) in [6.07, 6.45) is -0.0227. The normalized spacial score (nSPS) is 14.9. The lowest BCUT2D eigenvalue weighted by Crippen LogP contribution is -2.47. The molecule has 1 saturated heterocycles. The van der Waals surface area contributed by atoms with Gasteiger partial charge in [-0.05, 0) is 36.4 Å². The van der Waals surface area contributed by atoms with Crippen LogP contribution in [0.25, 0.3) is 11.3 Å². The van der Waals surface area contributed by atoms with E-state index >= 15 is 0 Å². The summed E-state index contributed by atoms with van der Waals surface area (Å²) in [6.45, 7) is 0.363. The number of ether oxygens (including phenoxy) is 1. The number of halogens is 2. The van der Waals surface area contributed by atoms with Crippen molar-refractivity contribution in [3.63, 3.8) is 0 Å². The molecule has 1 aliphatic heterocycles. The van der Waals surface area contributed by atoms with E-state index in [4.69, 9.17) is 4.74 Å². The standard InChI is InChI=1S/C24H22F2N6O3/c25-22(26)21(33)23(34)32-10-6-18(7-11-32)35-20-4-3-15(12-16(20)13-27)19-5-9-29-24(31-19)30-17-2-1-8-28-14-17/h1-5,8-9,12,14,18,21-22,33H,6-7,10-11H2,(H,29,30,31)/t21-/m0/s1. The summed E-state index contributed by atoms with van der Waals surface area (Å²) in [5.74, 6) is -0.216. The molecule has 0 unspecified atom stereocenters. The van der Waals surface area contributed by atoms with E-state index in [1.54, 1.807) is 48.9 Å². The maximum atomic E-state index is 12.6. The van der Waals surface area contributed by atoms with Crippen LogP contribution < -0.4 is 10.1 Å². The molecule has 0 bridgehead atoms. The first-order chi connectivity index (χ1) is 16.9. The quantitative estimate of drug-likeness (QED) is 0.529. The van der Waals surface area contributed by atoms with E-state index in [0.29, 0.717) is 41.4 Å². The minimum Gasteiger partial charge on any atom is -0.489 e. The number of carbonyl (C=O) groups excluding carboxylic acids is 1. The van der Waals surface area contributed by atoms with Crippen molar-refractivity contribution in [1.82, 2.24) is 19.9 Å². The Hall–Kier alpha value is -4.17. The molecule has 3 heterocycles. The van der Waals surface area contributed by atoms with Crippen molar-refractivity contribution in [3.8, 4) is 23.1 Å². The molecule has 2 N–H and O–H groups in total. The molecular formula is C24H22F2N6O3. The SMILES string of the molecule is N#Cc1cc(-c2ccnc(Nc3cccnc3)n2)ccc1OC1CCN(C(=O)[C@@H](O)C(F)F)CC1. The molecule has 1 amide bonds. The second-order valence-electron chi connectivity index (χ2n) is 7.88. The van der Waals surface area contributed by atoms with Gasteiger partial charge in [-0.25, -0.2) is 18.7 Å². The largest absolute Gasteiger partial charge is 0.489 e. The molecule has 0 aliphatic carbocycles. The third kappa shape index (κ3) is 5.85. The molecule has 2 aromatic heterocycles. The van der Waals surface area contributed by atoms with Crippen molar-refractivity contribution in [2.24, 2.45) is 0 Å². The maximum absolute atomic E-state index is 12.6. The summed E-state index contributed by atoms with van der Waals surface area (Å²) in [7, 11) is 0. The number of nitrogens with zero attached hydrogens (tertiary/aromatic N) is 5. The second-order valence-corrected chi connectivity index (χ2v) is 7.88. The lowest BCUT2D eigenvalue weighted by molar-refractivity contribution is -0.150. The fraction of sp³-hybridized carbons (Fsp3) is 0.292. The van der Waals surface area contributed by atoms with Crippen molar-refractivity contribution >= 4 is 17.5 Å². The van der Waals surface area contributed by atoms with Gasteiger partial charge in [-0.1, -0.05) is 0 Å². The molecule has 1 aliphatic rings. The van der Waals surface area contributed by atoms with Gasteiger partial charge in [0.05, 0.1) is 23.1 Å². The van der Waals surface area contributed by atoms with Gasteiger partial charge in [-0.3, -0.25) is 9.78 Å². The van der Waals surface area contributed by atoms with Crippen LogP contribution in [0.4, 0.5) is 20.4 Å². The number of nitriles is 1. The van der Waals surface area contributed by atoms with Crippen LogP contribution in [0.15, 0.2) is 55.0 Å². The summed E-state index contributed by atoms with van der Waals surface area (Å²) in [4.78, 5) is 25.9. The number of piperidine rings is 1. The molecule has 0 spiro atoms. The summed E-state index contributed by atoms with van der Waals surface area (Å²) >= 11 is 0. The number of anilines is 2. The number of nitrogens with one attached hydrogen (secondary N) is 1. The number of rotatable bonds is 7. The highest BCUT2D eigenvalue weighted by Crippen LogP contribution is 2.28. The minimum absolute atomic E-state index is 0.181. The topological polar surface area (TPSA) is 124 Å². The number of likely N-dealkylation sites (tertiary alicyclic amines) is 1. The van der Waals surface area contributed by atoms with Gasteiger partial charge in [-0.2, -0.15) is 5.26 Å². The summed E-state index contributed by atoms with van der Waals surface area (Å²) in [6, 6.07) is 12.6.